The molecule has 10 heteroatoms. The highest BCUT2D eigenvalue weighted by molar-refractivity contribution is 7.99. The Kier molecular flexibility index (Phi) is 7.59. The van der Waals surface area contributed by atoms with Gasteiger partial charge in [0.15, 0.2) is 16.1 Å². The van der Waals surface area contributed by atoms with Crippen LogP contribution in [0.25, 0.3) is 0 Å². The maximum absolute atomic E-state index is 12.6. The Labute approximate surface area is 189 Å². The number of rotatable bonds is 9. The predicted molar refractivity (Wildman–Crippen MR) is 123 cm³/mol. The number of anilines is 1. The van der Waals surface area contributed by atoms with Crippen molar-refractivity contribution in [1.82, 2.24) is 25.1 Å². The normalized spacial score (nSPS) is 11.7. The molecule has 162 valence electrons. The lowest BCUT2D eigenvalue weighted by Crippen LogP contribution is -2.28. The Balaban J connectivity index is 1.65. The molecule has 0 fully saturated rings. The summed E-state index contributed by atoms with van der Waals surface area (Å²) in [5, 5.41) is 17.2. The zero-order valence-electron chi connectivity index (χ0n) is 17.6. The molecule has 8 nitrogen and oxygen atoms in total. The van der Waals surface area contributed by atoms with Crippen LogP contribution in [0, 0.1) is 13.8 Å². The zero-order chi connectivity index (χ0) is 22.4. The number of aromatic nitrogens is 4. The molecule has 0 aliphatic carbocycles. The van der Waals surface area contributed by atoms with Gasteiger partial charge in [0.05, 0.1) is 17.5 Å². The third kappa shape index (κ3) is 6.02. The van der Waals surface area contributed by atoms with Crippen molar-refractivity contribution in [3.8, 4) is 0 Å². The van der Waals surface area contributed by atoms with Crippen molar-refractivity contribution in [2.45, 2.75) is 38.5 Å². The quantitative estimate of drug-likeness (QED) is 0.375. The van der Waals surface area contributed by atoms with E-state index in [1.165, 1.54) is 23.1 Å². The largest absolute Gasteiger partial charge is 0.342 e. The van der Waals surface area contributed by atoms with Gasteiger partial charge in [0.1, 0.15) is 0 Å². The molecule has 0 bridgehead atoms. The molecular formula is C21H24N6O2S2. The number of allylic oxidation sites excluding steroid dienone is 1. The number of aryl methyl sites for hydroxylation is 2. The molecule has 3 aromatic rings. The summed E-state index contributed by atoms with van der Waals surface area (Å²) in [4.78, 5) is 29.0. The SMILES string of the molecule is C=CCn1c(SCC(=O)Nc2nc(C)cs2)nnc1[C@H](C)NC(=O)c1ccc(C)cc1. The van der Waals surface area contributed by atoms with Crippen molar-refractivity contribution in [3.05, 3.63) is 64.9 Å². The van der Waals surface area contributed by atoms with Gasteiger partial charge in [0.2, 0.25) is 5.91 Å². The Hall–Kier alpha value is -2.98. The average Bonchev–Trinajstić information content (AvgIpc) is 3.33. The standard InChI is InChI=1S/C21H24N6O2S2/c1-5-10-27-18(15(4)23-19(29)16-8-6-13(2)7-9-16)25-26-21(27)31-12-17(28)24-20-22-14(3)11-30-20/h5-9,11,15H,1,10,12H2,2-4H3,(H,23,29)(H,22,24,28)/t15-/m0/s1. The highest BCUT2D eigenvalue weighted by Gasteiger charge is 2.20. The summed E-state index contributed by atoms with van der Waals surface area (Å²) in [6, 6.07) is 6.99. The van der Waals surface area contributed by atoms with Crippen molar-refractivity contribution in [2.24, 2.45) is 0 Å². The molecule has 3 rings (SSSR count). The Morgan fingerprint density at radius 1 is 1.26 bits per heavy atom. The summed E-state index contributed by atoms with van der Waals surface area (Å²) < 4.78 is 1.85. The van der Waals surface area contributed by atoms with Gasteiger partial charge in [0.25, 0.3) is 5.91 Å². The number of hydrogen-bond donors (Lipinski definition) is 2. The van der Waals surface area contributed by atoms with Crippen LogP contribution in [0.4, 0.5) is 5.13 Å². The van der Waals surface area contributed by atoms with Crippen LogP contribution < -0.4 is 10.6 Å². The summed E-state index contributed by atoms with van der Waals surface area (Å²) in [6.45, 7) is 9.94. The second-order valence-corrected chi connectivity index (χ2v) is 8.73. The molecular weight excluding hydrogens is 432 g/mol. The monoisotopic (exact) mass is 456 g/mol. The van der Waals surface area contributed by atoms with E-state index in [4.69, 9.17) is 0 Å². The van der Waals surface area contributed by atoms with Crippen molar-refractivity contribution in [1.29, 1.82) is 0 Å². The second-order valence-electron chi connectivity index (χ2n) is 6.93. The molecule has 2 N–H and O–H groups in total. The molecule has 1 aromatic carbocycles. The first-order valence-corrected chi connectivity index (χ1v) is 11.5. The number of nitrogens with zero attached hydrogens (tertiary/aromatic N) is 4. The van der Waals surface area contributed by atoms with Gasteiger partial charge in [-0.2, -0.15) is 0 Å². The molecule has 1 atom stereocenters. The number of thiazole rings is 1. The van der Waals surface area contributed by atoms with Gasteiger partial charge < -0.3 is 15.2 Å². The number of benzene rings is 1. The van der Waals surface area contributed by atoms with E-state index < -0.39 is 0 Å². The van der Waals surface area contributed by atoms with Crippen molar-refractivity contribution >= 4 is 40.0 Å². The van der Waals surface area contributed by atoms with E-state index in [0.717, 1.165) is 11.3 Å². The van der Waals surface area contributed by atoms with Crippen LogP contribution in [0.2, 0.25) is 0 Å². The summed E-state index contributed by atoms with van der Waals surface area (Å²) in [7, 11) is 0. The molecule has 0 unspecified atom stereocenters. The lowest BCUT2D eigenvalue weighted by molar-refractivity contribution is -0.113. The minimum absolute atomic E-state index is 0.165. The first-order chi connectivity index (χ1) is 14.9. The fourth-order valence-corrected chi connectivity index (χ4v) is 4.23. The number of thioether (sulfide) groups is 1. The minimum atomic E-state index is -0.372. The zero-order valence-corrected chi connectivity index (χ0v) is 19.2. The maximum atomic E-state index is 12.6. The molecule has 2 heterocycles. The van der Waals surface area contributed by atoms with Crippen LogP contribution in [-0.4, -0.2) is 37.3 Å². The lowest BCUT2D eigenvalue weighted by atomic mass is 10.1. The molecule has 0 radical (unpaired) electrons. The van der Waals surface area contributed by atoms with Gasteiger partial charge in [-0.3, -0.25) is 9.59 Å². The fourth-order valence-electron chi connectivity index (χ4n) is 2.77. The molecule has 31 heavy (non-hydrogen) atoms. The van der Waals surface area contributed by atoms with Gasteiger partial charge in [-0.25, -0.2) is 4.98 Å². The molecule has 0 saturated carbocycles. The average molecular weight is 457 g/mol. The second kappa shape index (κ2) is 10.4. The molecule has 0 saturated heterocycles. The van der Waals surface area contributed by atoms with E-state index in [2.05, 4.69) is 32.4 Å². The Morgan fingerprint density at radius 3 is 2.65 bits per heavy atom. The summed E-state index contributed by atoms with van der Waals surface area (Å²) in [5.74, 6) is 0.402. The van der Waals surface area contributed by atoms with Crippen molar-refractivity contribution in [2.75, 3.05) is 11.1 Å². The molecule has 0 aliphatic rings. The third-order valence-electron chi connectivity index (χ3n) is 4.30. The van der Waals surface area contributed by atoms with E-state index in [1.807, 2.05) is 42.9 Å². The number of carbonyl (C=O) groups is 2. The van der Waals surface area contributed by atoms with E-state index in [1.54, 1.807) is 18.2 Å². The van der Waals surface area contributed by atoms with E-state index in [-0.39, 0.29) is 23.6 Å². The van der Waals surface area contributed by atoms with Crippen LogP contribution in [0.5, 0.6) is 0 Å². The highest BCUT2D eigenvalue weighted by atomic mass is 32.2. The number of nitrogens with one attached hydrogen (secondary N) is 2. The van der Waals surface area contributed by atoms with E-state index in [0.29, 0.717) is 28.2 Å². The molecule has 0 spiro atoms. The van der Waals surface area contributed by atoms with Gasteiger partial charge in [-0.1, -0.05) is 35.5 Å². The van der Waals surface area contributed by atoms with Crippen LogP contribution in [0.3, 0.4) is 0 Å². The van der Waals surface area contributed by atoms with Crippen LogP contribution in [0.15, 0.2) is 47.5 Å². The Bertz CT molecular complexity index is 1070. The van der Waals surface area contributed by atoms with Crippen LogP contribution in [-0.2, 0) is 11.3 Å². The van der Waals surface area contributed by atoms with Crippen molar-refractivity contribution in [3.63, 3.8) is 0 Å². The van der Waals surface area contributed by atoms with E-state index >= 15 is 0 Å². The first-order valence-electron chi connectivity index (χ1n) is 9.63. The number of hydrogen-bond acceptors (Lipinski definition) is 7. The Morgan fingerprint density at radius 2 is 2.00 bits per heavy atom. The fraction of sp³-hybridized carbons (Fsp3) is 0.286. The van der Waals surface area contributed by atoms with Gasteiger partial charge in [-0.15, -0.1) is 28.1 Å². The molecule has 0 aliphatic heterocycles. The number of carbonyl (C=O) groups excluding carboxylic acids is 2. The summed E-state index contributed by atoms with van der Waals surface area (Å²) >= 11 is 2.65. The third-order valence-corrected chi connectivity index (χ3v) is 6.15. The van der Waals surface area contributed by atoms with Crippen LogP contribution in [0.1, 0.15) is 40.4 Å². The topological polar surface area (TPSA) is 102 Å². The highest BCUT2D eigenvalue weighted by Crippen LogP contribution is 2.22. The predicted octanol–water partition coefficient (Wildman–Crippen LogP) is 3.76. The van der Waals surface area contributed by atoms with Crippen molar-refractivity contribution < 1.29 is 9.59 Å². The van der Waals surface area contributed by atoms with Gasteiger partial charge in [0, 0.05) is 17.5 Å². The van der Waals surface area contributed by atoms with Gasteiger partial charge >= 0.3 is 0 Å². The molecule has 2 aromatic heterocycles. The first kappa shape index (κ1) is 22.7. The molecule has 2 amide bonds. The summed E-state index contributed by atoms with van der Waals surface area (Å²) in [5.41, 5.74) is 2.53. The lowest BCUT2D eigenvalue weighted by Gasteiger charge is -2.15. The minimum Gasteiger partial charge on any atom is -0.342 e. The van der Waals surface area contributed by atoms with Gasteiger partial charge in [-0.05, 0) is 32.9 Å². The van der Waals surface area contributed by atoms with Crippen LogP contribution >= 0.6 is 23.1 Å². The summed E-state index contributed by atoms with van der Waals surface area (Å²) in [6.07, 6.45) is 1.73. The maximum Gasteiger partial charge on any atom is 0.251 e. The smallest absolute Gasteiger partial charge is 0.251 e. The number of amides is 2. The van der Waals surface area contributed by atoms with E-state index in [9.17, 15) is 9.59 Å².